The number of alkyl halides is 4. The second-order valence-electron chi connectivity index (χ2n) is 31.4. The fourth-order valence-corrected chi connectivity index (χ4v) is 17.7. The molecule has 4 aliphatic heterocycles. The Labute approximate surface area is 689 Å². The van der Waals surface area contributed by atoms with Gasteiger partial charge in [-0.15, -0.1) is 9.59 Å². The zero-order valence-corrected chi connectivity index (χ0v) is 66.3. The van der Waals surface area contributed by atoms with Crippen molar-refractivity contribution in [2.24, 2.45) is 23.7 Å². The number of halogens is 5. The molecular weight excluding hydrogens is 1570 g/mol. The van der Waals surface area contributed by atoms with Crippen molar-refractivity contribution < 1.29 is 60.1 Å². The van der Waals surface area contributed by atoms with Crippen LogP contribution in [0.1, 0.15) is 145 Å². The van der Waals surface area contributed by atoms with Crippen molar-refractivity contribution in [3.63, 3.8) is 0 Å². The maximum Gasteiger partial charge on any atom is 0.275 e. The van der Waals surface area contributed by atoms with E-state index >= 15 is 0 Å². The Kier molecular flexibility index (Phi) is 22.7. The van der Waals surface area contributed by atoms with Gasteiger partial charge in [0.15, 0.2) is 17.2 Å². The van der Waals surface area contributed by atoms with Crippen molar-refractivity contribution in [2.75, 3.05) is 26.2 Å². The zero-order valence-electron chi connectivity index (χ0n) is 66.3. The number of carbonyl (C=O) groups is 4. The normalized spacial score (nSPS) is 22.4. The summed E-state index contributed by atoms with van der Waals surface area (Å²) >= 11 is 0. The maximum absolute atomic E-state index is 14.7. The lowest BCUT2D eigenvalue weighted by Crippen LogP contribution is -2.47. The Balaban J connectivity index is 0.000000115. The van der Waals surface area contributed by atoms with E-state index in [0.29, 0.717) is 83.2 Å². The molecule has 8 fully saturated rings. The monoisotopic (exact) mass is 1650 g/mol. The molecule has 4 saturated heterocycles. The number of ether oxygens (including phenoxy) is 4. The van der Waals surface area contributed by atoms with Gasteiger partial charge in [0.05, 0.1) is 120 Å². The zero-order chi connectivity index (χ0) is 83.7. The van der Waals surface area contributed by atoms with Crippen molar-refractivity contribution in [1.29, 1.82) is 0 Å². The van der Waals surface area contributed by atoms with Crippen LogP contribution in [-0.4, -0.2) is 213 Å². The van der Waals surface area contributed by atoms with Crippen LogP contribution in [0.25, 0.3) is 28.5 Å². The van der Waals surface area contributed by atoms with Crippen LogP contribution in [0.3, 0.4) is 0 Å². The molecule has 121 heavy (non-hydrogen) atoms. The van der Waals surface area contributed by atoms with Gasteiger partial charge in [0.1, 0.15) is 41.6 Å². The molecule has 4 amide bonds. The third kappa shape index (κ3) is 17.1. The summed E-state index contributed by atoms with van der Waals surface area (Å²) in [6.07, 6.45) is 22.3. The summed E-state index contributed by atoms with van der Waals surface area (Å²) < 4.78 is 89.8. The van der Waals surface area contributed by atoms with Crippen LogP contribution >= 0.6 is 0 Å². The molecule has 12 unspecified atom stereocenters. The predicted octanol–water partition coefficient (Wildman–Crippen LogP) is 11.4. The van der Waals surface area contributed by atoms with Gasteiger partial charge in [0.25, 0.3) is 36.5 Å². The minimum Gasteiger partial charge on any atom is -0.472 e. The molecule has 4 saturated carbocycles. The molecule has 0 spiro atoms. The van der Waals surface area contributed by atoms with Crippen LogP contribution in [0.2, 0.25) is 0 Å². The van der Waals surface area contributed by atoms with E-state index in [1.807, 2.05) is 80.8 Å². The third-order valence-electron chi connectivity index (χ3n) is 23.1. The highest BCUT2D eigenvalue weighted by Gasteiger charge is 2.53. The van der Waals surface area contributed by atoms with E-state index in [2.05, 4.69) is 80.4 Å². The lowest BCUT2D eigenvalue weighted by Gasteiger charge is -2.33. The Morgan fingerprint density at radius 3 is 1.12 bits per heavy atom. The lowest BCUT2D eigenvalue weighted by molar-refractivity contribution is 0.0457. The van der Waals surface area contributed by atoms with Crippen molar-refractivity contribution in [2.45, 2.75) is 147 Å². The topological polar surface area (TPSA) is 339 Å². The lowest BCUT2D eigenvalue weighted by atomic mass is 10.0. The molecular formula is C85H82F5N23O8. The van der Waals surface area contributed by atoms with Gasteiger partial charge in [-0.1, -0.05) is 17.7 Å². The number of aryl methyl sites for hydroxylation is 5. The highest BCUT2D eigenvalue weighted by molar-refractivity contribution is 6.01. The van der Waals surface area contributed by atoms with Gasteiger partial charge in [-0.2, -0.15) is 35.4 Å². The van der Waals surface area contributed by atoms with Crippen molar-refractivity contribution in [3.05, 3.63) is 246 Å². The molecule has 2 aromatic carbocycles. The number of nitrogens with zero attached hydrogens (tertiary/aromatic N) is 23. The first-order valence-corrected chi connectivity index (χ1v) is 39.8. The molecule has 12 atom stereocenters. The Morgan fingerprint density at radius 2 is 0.744 bits per heavy atom. The average molecular weight is 1650 g/mol. The van der Waals surface area contributed by atoms with E-state index in [0.717, 1.165) is 98.6 Å². The summed E-state index contributed by atoms with van der Waals surface area (Å²) in [7, 11) is 0. The predicted molar refractivity (Wildman–Crippen MR) is 421 cm³/mol. The number of fused-ring (bicyclic) bond motifs is 8. The molecule has 10 aromatic heterocycles. The minimum atomic E-state index is -2.60. The first-order chi connectivity index (χ1) is 58.7. The van der Waals surface area contributed by atoms with Gasteiger partial charge in [-0.25, -0.2) is 61.8 Å². The van der Waals surface area contributed by atoms with Crippen molar-refractivity contribution >= 4 is 23.6 Å². The van der Waals surface area contributed by atoms with Crippen molar-refractivity contribution in [3.8, 4) is 52.0 Å². The van der Waals surface area contributed by atoms with Crippen molar-refractivity contribution in [1.82, 2.24) is 114 Å². The van der Waals surface area contributed by atoms with E-state index in [4.69, 9.17) is 18.9 Å². The van der Waals surface area contributed by atoms with Crippen LogP contribution in [0.15, 0.2) is 178 Å². The van der Waals surface area contributed by atoms with Gasteiger partial charge in [-0.05, 0) is 176 Å². The average Bonchev–Trinajstić information content (AvgIpc) is 1.65. The van der Waals surface area contributed by atoms with Gasteiger partial charge in [-0.3, -0.25) is 29.1 Å². The Morgan fingerprint density at radius 1 is 0.364 bits per heavy atom. The fourth-order valence-electron chi connectivity index (χ4n) is 17.7. The first-order valence-electron chi connectivity index (χ1n) is 39.8. The van der Waals surface area contributed by atoms with Gasteiger partial charge in [0.2, 0.25) is 23.5 Å². The number of aromatic nitrogens is 19. The summed E-state index contributed by atoms with van der Waals surface area (Å²) in [4.78, 5) is 108. The Bertz CT molecular complexity index is 5510. The molecule has 8 aliphatic rings. The number of carbonyl (C=O) groups excluding carboxylic acids is 4. The number of hydrogen-bond donors (Lipinski definition) is 0. The molecule has 620 valence electrons. The summed E-state index contributed by atoms with van der Waals surface area (Å²) in [6, 6.07) is 24.2. The molecule has 31 nitrogen and oxygen atoms in total. The van der Waals surface area contributed by atoms with Crippen LogP contribution in [0.4, 0.5) is 22.0 Å². The smallest absolute Gasteiger partial charge is 0.275 e. The van der Waals surface area contributed by atoms with Crippen LogP contribution < -0.4 is 18.9 Å². The number of amides is 4. The number of rotatable bonds is 18. The molecule has 14 heterocycles. The molecule has 12 aromatic rings. The molecule has 8 bridgehead atoms. The van der Waals surface area contributed by atoms with E-state index in [1.54, 1.807) is 90.0 Å². The largest absolute Gasteiger partial charge is 0.472 e. The van der Waals surface area contributed by atoms with Crippen LogP contribution in [0.5, 0.6) is 23.5 Å². The molecule has 36 heteroatoms. The molecule has 0 N–H and O–H groups in total. The number of likely N-dealkylation sites (tertiary alicyclic amines) is 4. The SMILES string of the molecule is Cc1ccc(-n2nccn2)c(C(=O)N2CC3CC(Oc4ccc(C(F)F)cn4)C2C3)n1.Cc1ccc(-n2nccn2)c(C(=O)N2CC3CC(Oc4cnc(C)cn4)C2C3)c1.Cc1cnc(OC2CC3CC2N(C(=O)c2nc(C)ccc2-n2nccn2)C3)cn1.O=C(c1cccc(F)c1-c1ncccn1)N1CC2CC(Oc3ccc(C(F)F)cn3)C1C2. The number of piperidine rings is 4. The standard InChI is InChI=1S/C23H19F3N4O2.C21H20F2N6O2.C21H22N6O2.C20H21N7O2/c24-16-4-1-3-15(20(16)22-27-7-2-8-28-22)23(31)30-12-13-9-17(30)18(10-13)32-19-6-5-14(11-29-19)21(25)26;1-12-2-4-15(29-25-6-7-26-29)19(27-12)21(30)28-11-13-8-16(28)17(9-13)31-18-5-3-14(10-24-18)20(22)23;1-13-3-4-17(27-24-5-6-25-27)16(7-13)21(28)26-12-15-8-18(26)19(9-15)29-20-11-22-14(2)10-23-20;1-12-3-4-15(27-23-5-6-24-27)19(25-12)20(28)26-11-14-7-16(26)17(8-14)29-18-10-21-13(2)9-22-18/h1-8,11,13,17-18,21H,9-10,12H2;2-7,10,13,16-17,20H,8-9,11H2,1H3;3-7,10-11,15,18-19H,8-9,12H2,1-2H3;3-6,9-10,14,16-17H,7-8,11H2,1-2H3. The van der Waals surface area contributed by atoms with E-state index in [9.17, 15) is 41.1 Å². The molecule has 4 aliphatic carbocycles. The highest BCUT2D eigenvalue weighted by atomic mass is 19.3. The number of hydrogen-bond acceptors (Lipinski definition) is 24. The number of pyridine rings is 4. The summed E-state index contributed by atoms with van der Waals surface area (Å²) in [6.45, 7) is 12.1. The first kappa shape index (κ1) is 79.9. The highest BCUT2D eigenvalue weighted by Crippen LogP contribution is 2.46. The van der Waals surface area contributed by atoms with Gasteiger partial charge in [0, 0.05) is 85.6 Å². The van der Waals surface area contributed by atoms with Gasteiger partial charge >= 0.3 is 0 Å². The fraction of sp³-hybridized carbons (Fsp3) is 0.365. The summed E-state index contributed by atoms with van der Waals surface area (Å²) in [5.74, 6) is 1.92. The molecule has 20 rings (SSSR count). The second-order valence-corrected chi connectivity index (χ2v) is 31.4. The van der Waals surface area contributed by atoms with E-state index in [1.165, 1.54) is 63.2 Å². The second kappa shape index (κ2) is 34.4. The summed E-state index contributed by atoms with van der Waals surface area (Å²) in [5, 5.41) is 25.0. The Hall–Kier alpha value is -13.6. The van der Waals surface area contributed by atoms with E-state index in [-0.39, 0.29) is 118 Å². The van der Waals surface area contributed by atoms with Crippen LogP contribution in [-0.2, 0) is 0 Å². The number of benzene rings is 2. The quantitative estimate of drug-likeness (QED) is 0.0720. The molecule has 0 radical (unpaired) electrons. The third-order valence-corrected chi connectivity index (χ3v) is 23.1. The van der Waals surface area contributed by atoms with Crippen LogP contribution in [0, 0.1) is 64.1 Å². The minimum absolute atomic E-state index is 0.00297. The van der Waals surface area contributed by atoms with E-state index < -0.39 is 18.7 Å². The van der Waals surface area contributed by atoms with Gasteiger partial charge < -0.3 is 38.5 Å². The summed E-state index contributed by atoms with van der Waals surface area (Å²) in [5.41, 5.74) is 7.21. The maximum atomic E-state index is 14.7.